The van der Waals surface area contributed by atoms with E-state index in [0.717, 1.165) is 11.6 Å². The minimum absolute atomic E-state index is 0.0293. The van der Waals surface area contributed by atoms with Crippen LogP contribution in [0, 0.1) is 0 Å². The standard InChI is InChI=1S/C19H24N4OS/c1-13(15-7-6-14-4-2-3-5-16(14)10-15)21-18(24)11-25-19-22-20-12-23(19)17-8-9-17/h6-7,10,12-13,17H,2-5,8-9,11H2,1H3,(H,21,24)/t13-/m1/s1. The van der Waals surface area contributed by atoms with Crippen LogP contribution in [0.2, 0.25) is 0 Å². The van der Waals surface area contributed by atoms with Gasteiger partial charge in [0.15, 0.2) is 5.16 Å². The van der Waals surface area contributed by atoms with Crippen molar-refractivity contribution in [3.8, 4) is 0 Å². The summed E-state index contributed by atoms with van der Waals surface area (Å²) in [4.78, 5) is 12.3. The molecule has 0 aliphatic heterocycles. The van der Waals surface area contributed by atoms with Gasteiger partial charge < -0.3 is 9.88 Å². The third-order valence-electron chi connectivity index (χ3n) is 5.06. The Morgan fingerprint density at radius 3 is 2.92 bits per heavy atom. The van der Waals surface area contributed by atoms with Crippen molar-refractivity contribution in [2.45, 2.75) is 62.7 Å². The molecular formula is C19H24N4OS. The van der Waals surface area contributed by atoms with E-state index in [9.17, 15) is 4.79 Å². The first-order valence-electron chi connectivity index (χ1n) is 9.14. The van der Waals surface area contributed by atoms with Gasteiger partial charge in [0, 0.05) is 6.04 Å². The van der Waals surface area contributed by atoms with Gasteiger partial charge in [-0.15, -0.1) is 10.2 Å². The van der Waals surface area contributed by atoms with Gasteiger partial charge in [-0.25, -0.2) is 0 Å². The number of aryl methyl sites for hydroxylation is 2. The van der Waals surface area contributed by atoms with Crippen molar-refractivity contribution in [3.05, 3.63) is 41.2 Å². The monoisotopic (exact) mass is 356 g/mol. The molecule has 25 heavy (non-hydrogen) atoms. The lowest BCUT2D eigenvalue weighted by Gasteiger charge is -2.20. The van der Waals surface area contributed by atoms with Crippen LogP contribution in [-0.4, -0.2) is 26.4 Å². The Bertz CT molecular complexity index is 769. The summed E-state index contributed by atoms with van der Waals surface area (Å²) in [7, 11) is 0. The molecule has 1 fully saturated rings. The summed E-state index contributed by atoms with van der Waals surface area (Å²) in [5.41, 5.74) is 4.13. The second-order valence-electron chi connectivity index (χ2n) is 7.07. The van der Waals surface area contributed by atoms with E-state index in [2.05, 4.69) is 45.2 Å². The average Bonchev–Trinajstić information content (AvgIpc) is 3.37. The summed E-state index contributed by atoms with van der Waals surface area (Å²) in [6, 6.07) is 7.23. The Morgan fingerprint density at radius 1 is 1.32 bits per heavy atom. The van der Waals surface area contributed by atoms with E-state index < -0.39 is 0 Å². The highest BCUT2D eigenvalue weighted by molar-refractivity contribution is 7.99. The van der Waals surface area contributed by atoms with E-state index in [1.807, 2.05) is 0 Å². The van der Waals surface area contributed by atoms with Crippen molar-refractivity contribution < 1.29 is 4.79 Å². The zero-order valence-corrected chi connectivity index (χ0v) is 15.4. The van der Waals surface area contributed by atoms with Gasteiger partial charge in [0.25, 0.3) is 0 Å². The molecular weight excluding hydrogens is 332 g/mol. The number of amides is 1. The third kappa shape index (κ3) is 3.89. The number of hydrogen-bond donors (Lipinski definition) is 1. The Balaban J connectivity index is 1.33. The van der Waals surface area contributed by atoms with Crippen LogP contribution in [0.4, 0.5) is 0 Å². The number of nitrogens with zero attached hydrogens (tertiary/aromatic N) is 3. The van der Waals surface area contributed by atoms with E-state index in [4.69, 9.17) is 0 Å². The van der Waals surface area contributed by atoms with Gasteiger partial charge in [-0.2, -0.15) is 0 Å². The highest BCUT2D eigenvalue weighted by Gasteiger charge is 2.26. The van der Waals surface area contributed by atoms with Crippen LogP contribution < -0.4 is 5.32 Å². The minimum atomic E-state index is 0.0293. The van der Waals surface area contributed by atoms with Crippen LogP contribution in [-0.2, 0) is 17.6 Å². The number of carbonyl (C=O) groups excluding carboxylic acids is 1. The number of aromatic nitrogens is 3. The molecule has 1 amide bonds. The molecule has 5 nitrogen and oxygen atoms in total. The summed E-state index contributed by atoms with van der Waals surface area (Å²) >= 11 is 1.47. The molecule has 1 saturated carbocycles. The smallest absolute Gasteiger partial charge is 0.230 e. The summed E-state index contributed by atoms with van der Waals surface area (Å²) in [6.07, 6.45) is 9.07. The van der Waals surface area contributed by atoms with Crippen molar-refractivity contribution in [2.24, 2.45) is 0 Å². The quantitative estimate of drug-likeness (QED) is 0.805. The van der Waals surface area contributed by atoms with Gasteiger partial charge in [-0.05, 0) is 62.1 Å². The first-order valence-corrected chi connectivity index (χ1v) is 10.1. The summed E-state index contributed by atoms with van der Waals surface area (Å²) in [5, 5.41) is 12.1. The predicted octanol–water partition coefficient (Wildman–Crippen LogP) is 3.46. The van der Waals surface area contributed by atoms with Gasteiger partial charge >= 0.3 is 0 Å². The molecule has 1 heterocycles. The normalized spacial score (nSPS) is 17.8. The zero-order chi connectivity index (χ0) is 17.2. The lowest BCUT2D eigenvalue weighted by molar-refractivity contribution is -0.119. The summed E-state index contributed by atoms with van der Waals surface area (Å²) in [5.74, 6) is 0.418. The fraction of sp³-hybridized carbons (Fsp3) is 0.526. The minimum Gasteiger partial charge on any atom is -0.349 e. The average molecular weight is 356 g/mol. The molecule has 0 saturated heterocycles. The predicted molar refractivity (Wildman–Crippen MR) is 98.7 cm³/mol. The van der Waals surface area contributed by atoms with Crippen LogP contribution in [0.15, 0.2) is 29.7 Å². The van der Waals surface area contributed by atoms with Crippen molar-refractivity contribution in [1.29, 1.82) is 0 Å². The maximum Gasteiger partial charge on any atom is 0.230 e. The molecule has 0 unspecified atom stereocenters. The topological polar surface area (TPSA) is 59.8 Å². The van der Waals surface area contributed by atoms with Crippen LogP contribution in [0.25, 0.3) is 0 Å². The Morgan fingerprint density at radius 2 is 2.12 bits per heavy atom. The highest BCUT2D eigenvalue weighted by atomic mass is 32.2. The number of carbonyl (C=O) groups is 1. The van der Waals surface area contributed by atoms with Gasteiger partial charge in [0.2, 0.25) is 5.91 Å². The fourth-order valence-electron chi connectivity index (χ4n) is 3.46. The molecule has 0 spiro atoms. The lowest BCUT2D eigenvalue weighted by Crippen LogP contribution is -2.28. The number of fused-ring (bicyclic) bond motifs is 1. The molecule has 1 aromatic carbocycles. The molecule has 2 aliphatic rings. The van der Waals surface area contributed by atoms with Crippen LogP contribution >= 0.6 is 11.8 Å². The number of hydrogen-bond acceptors (Lipinski definition) is 4. The first kappa shape index (κ1) is 16.6. The van der Waals surface area contributed by atoms with Crippen molar-refractivity contribution in [3.63, 3.8) is 0 Å². The van der Waals surface area contributed by atoms with E-state index in [0.29, 0.717) is 11.8 Å². The Hall–Kier alpha value is -1.82. The molecule has 1 aromatic heterocycles. The second kappa shape index (κ2) is 7.20. The van der Waals surface area contributed by atoms with Gasteiger partial charge in [0.1, 0.15) is 6.33 Å². The fourth-order valence-corrected chi connectivity index (χ4v) is 4.25. The number of thioether (sulfide) groups is 1. The summed E-state index contributed by atoms with van der Waals surface area (Å²) in [6.45, 7) is 2.06. The second-order valence-corrected chi connectivity index (χ2v) is 8.01. The maximum atomic E-state index is 12.3. The molecule has 6 heteroatoms. The molecule has 0 bridgehead atoms. The van der Waals surface area contributed by atoms with E-state index in [1.165, 1.54) is 60.6 Å². The third-order valence-corrected chi connectivity index (χ3v) is 6.02. The Kier molecular flexibility index (Phi) is 4.79. The molecule has 2 aromatic rings. The van der Waals surface area contributed by atoms with Crippen molar-refractivity contribution in [1.82, 2.24) is 20.1 Å². The van der Waals surface area contributed by atoms with Gasteiger partial charge in [0.05, 0.1) is 11.8 Å². The van der Waals surface area contributed by atoms with Crippen molar-refractivity contribution in [2.75, 3.05) is 5.75 Å². The van der Waals surface area contributed by atoms with Crippen LogP contribution in [0.5, 0.6) is 0 Å². The largest absolute Gasteiger partial charge is 0.349 e. The number of nitrogens with one attached hydrogen (secondary N) is 1. The zero-order valence-electron chi connectivity index (χ0n) is 14.6. The van der Waals surface area contributed by atoms with Gasteiger partial charge in [-0.3, -0.25) is 4.79 Å². The molecule has 1 N–H and O–H groups in total. The van der Waals surface area contributed by atoms with Crippen LogP contribution in [0.1, 0.15) is 61.4 Å². The highest BCUT2D eigenvalue weighted by Crippen LogP contribution is 2.37. The molecule has 1 atom stereocenters. The van der Waals surface area contributed by atoms with E-state index in [1.54, 1.807) is 6.33 Å². The van der Waals surface area contributed by atoms with Crippen molar-refractivity contribution >= 4 is 17.7 Å². The first-order chi connectivity index (χ1) is 12.2. The van der Waals surface area contributed by atoms with E-state index in [-0.39, 0.29) is 11.9 Å². The lowest BCUT2D eigenvalue weighted by atomic mass is 9.89. The molecule has 0 radical (unpaired) electrons. The van der Waals surface area contributed by atoms with E-state index >= 15 is 0 Å². The van der Waals surface area contributed by atoms with Crippen LogP contribution in [0.3, 0.4) is 0 Å². The SMILES string of the molecule is C[C@@H](NC(=O)CSc1nncn1C1CC1)c1ccc2c(c1)CCCC2. The molecule has 132 valence electrons. The molecule has 4 rings (SSSR count). The number of benzene rings is 1. The Labute approximate surface area is 152 Å². The maximum absolute atomic E-state index is 12.3. The number of rotatable bonds is 6. The summed E-state index contributed by atoms with van der Waals surface area (Å²) < 4.78 is 2.09. The van der Waals surface area contributed by atoms with Gasteiger partial charge in [-0.1, -0.05) is 30.0 Å². The molecule has 2 aliphatic carbocycles.